The quantitative estimate of drug-likeness (QED) is 0.728. The number of rotatable bonds is 4. The molecule has 1 amide bonds. The number of carbonyl (C=O) groups excluding carboxylic acids is 1. The minimum atomic E-state index is -0.527. The number of ether oxygens (including phenoxy) is 1. The molecule has 2 aromatic carbocycles. The number of benzene rings is 2. The molecule has 5 nitrogen and oxygen atoms in total. The molecule has 160 valence electrons. The molecule has 0 saturated carbocycles. The summed E-state index contributed by atoms with van der Waals surface area (Å²) < 4.78 is 17.6. The number of anilines is 1. The maximum absolute atomic E-state index is 12.0. The van der Waals surface area contributed by atoms with Crippen molar-refractivity contribution in [3.63, 3.8) is 0 Å². The van der Waals surface area contributed by atoms with Crippen LogP contribution in [-0.4, -0.2) is 30.0 Å². The lowest BCUT2D eigenvalue weighted by molar-refractivity contribution is 0.00578. The van der Waals surface area contributed by atoms with Crippen LogP contribution < -0.4 is 10.8 Å². The van der Waals surface area contributed by atoms with Gasteiger partial charge in [-0.2, -0.15) is 0 Å². The molecule has 2 aromatic rings. The van der Waals surface area contributed by atoms with Gasteiger partial charge in [0.25, 0.3) is 0 Å². The summed E-state index contributed by atoms with van der Waals surface area (Å²) in [5.41, 5.74) is 2.78. The summed E-state index contributed by atoms with van der Waals surface area (Å²) in [7, 11) is -0.356. The largest absolute Gasteiger partial charge is 0.494 e. The smallest absolute Gasteiger partial charge is 0.444 e. The van der Waals surface area contributed by atoms with E-state index in [2.05, 4.69) is 57.3 Å². The summed E-state index contributed by atoms with van der Waals surface area (Å²) in [6.07, 6.45) is 0.305. The van der Waals surface area contributed by atoms with Crippen LogP contribution in [0.3, 0.4) is 0 Å². The molecule has 1 fully saturated rings. The van der Waals surface area contributed by atoms with Crippen LogP contribution in [0.1, 0.15) is 59.6 Å². The van der Waals surface area contributed by atoms with Crippen molar-refractivity contribution in [1.29, 1.82) is 0 Å². The summed E-state index contributed by atoms with van der Waals surface area (Å²) in [6.45, 7) is 13.8. The van der Waals surface area contributed by atoms with Gasteiger partial charge in [-0.25, -0.2) is 4.79 Å². The van der Waals surface area contributed by atoms with Crippen molar-refractivity contribution in [2.45, 2.75) is 71.7 Å². The van der Waals surface area contributed by atoms with Crippen LogP contribution in [0, 0.1) is 0 Å². The monoisotopic (exact) mass is 409 g/mol. The Labute approximate surface area is 180 Å². The van der Waals surface area contributed by atoms with Gasteiger partial charge in [-0.05, 0) is 83.6 Å². The summed E-state index contributed by atoms with van der Waals surface area (Å²) in [5, 5.41) is 2.79. The average molecular weight is 409 g/mol. The Morgan fingerprint density at radius 2 is 1.57 bits per heavy atom. The molecule has 1 aliphatic heterocycles. The molecule has 30 heavy (non-hydrogen) atoms. The molecule has 0 bridgehead atoms. The summed E-state index contributed by atoms with van der Waals surface area (Å²) in [6, 6.07) is 16.1. The van der Waals surface area contributed by atoms with Crippen molar-refractivity contribution in [3.05, 3.63) is 59.7 Å². The second-order valence-electron chi connectivity index (χ2n) is 9.83. The van der Waals surface area contributed by atoms with Crippen molar-refractivity contribution in [2.24, 2.45) is 0 Å². The molecule has 0 unspecified atom stereocenters. The van der Waals surface area contributed by atoms with E-state index in [9.17, 15) is 4.79 Å². The van der Waals surface area contributed by atoms with Crippen molar-refractivity contribution >= 4 is 24.4 Å². The molecule has 0 aromatic heterocycles. The lowest BCUT2D eigenvalue weighted by atomic mass is 9.78. The van der Waals surface area contributed by atoms with Gasteiger partial charge in [0.05, 0.1) is 11.2 Å². The summed E-state index contributed by atoms with van der Waals surface area (Å²) in [4.78, 5) is 12.0. The van der Waals surface area contributed by atoms with E-state index >= 15 is 0 Å². The number of carbonyl (C=O) groups is 1. The molecule has 0 spiro atoms. The Bertz CT molecular complexity index is 884. The fraction of sp³-hybridized carbons (Fsp3) is 0.458. The molecule has 1 saturated heterocycles. The normalized spacial score (nSPS) is 17.6. The fourth-order valence-corrected chi connectivity index (χ4v) is 3.19. The lowest BCUT2D eigenvalue weighted by Crippen LogP contribution is -2.41. The van der Waals surface area contributed by atoms with E-state index in [1.807, 2.05) is 45.0 Å². The molecular weight excluding hydrogens is 377 g/mol. The third kappa shape index (κ3) is 5.43. The number of amides is 1. The summed E-state index contributed by atoms with van der Waals surface area (Å²) >= 11 is 0. The zero-order valence-electron chi connectivity index (χ0n) is 19.0. The Kier molecular flexibility index (Phi) is 6.03. The number of hydrogen-bond donors (Lipinski definition) is 1. The maximum atomic E-state index is 12.0. The van der Waals surface area contributed by atoms with Gasteiger partial charge in [0.1, 0.15) is 5.60 Å². The maximum Gasteiger partial charge on any atom is 0.494 e. The Morgan fingerprint density at radius 3 is 2.13 bits per heavy atom. The van der Waals surface area contributed by atoms with Gasteiger partial charge in [-0.1, -0.05) is 36.4 Å². The van der Waals surface area contributed by atoms with Crippen LogP contribution in [0.2, 0.25) is 0 Å². The van der Waals surface area contributed by atoms with Gasteiger partial charge in [-0.15, -0.1) is 0 Å². The van der Waals surface area contributed by atoms with Gasteiger partial charge in [0.15, 0.2) is 0 Å². The van der Waals surface area contributed by atoms with Crippen molar-refractivity contribution < 1.29 is 18.8 Å². The molecule has 3 rings (SSSR count). The number of hydrogen-bond acceptors (Lipinski definition) is 4. The Hall–Kier alpha value is -2.31. The SMILES string of the molecule is CC(C)(C)OC(=O)Nc1cccc(Cc2ccc(B3OC(C)(C)C(C)(C)O3)cc2)c1. The topological polar surface area (TPSA) is 56.8 Å². The van der Waals surface area contributed by atoms with E-state index in [4.69, 9.17) is 14.0 Å². The molecule has 0 atom stereocenters. The first-order valence-corrected chi connectivity index (χ1v) is 10.4. The molecule has 1 aliphatic rings. The zero-order chi connectivity index (χ0) is 22.2. The summed E-state index contributed by atoms with van der Waals surface area (Å²) in [5.74, 6) is 0. The van der Waals surface area contributed by atoms with Crippen molar-refractivity contribution in [3.8, 4) is 0 Å². The van der Waals surface area contributed by atoms with Gasteiger partial charge in [0, 0.05) is 5.69 Å². The molecule has 1 N–H and O–H groups in total. The molecule has 6 heteroatoms. The van der Waals surface area contributed by atoms with Crippen LogP contribution in [0.15, 0.2) is 48.5 Å². The van der Waals surface area contributed by atoms with Crippen LogP contribution >= 0.6 is 0 Å². The lowest BCUT2D eigenvalue weighted by Gasteiger charge is -2.32. The first-order chi connectivity index (χ1) is 13.8. The first kappa shape index (κ1) is 22.4. The van der Waals surface area contributed by atoms with Crippen LogP contribution in [0.4, 0.5) is 10.5 Å². The van der Waals surface area contributed by atoms with Crippen molar-refractivity contribution in [2.75, 3.05) is 5.32 Å². The Balaban J connectivity index is 1.64. The standard InChI is InChI=1S/C24H32BNO4/c1-22(2,3)28-21(27)26-20-10-8-9-18(16-20)15-17-11-13-19(14-12-17)25-29-23(4,5)24(6,7)30-25/h8-14,16H,15H2,1-7H3,(H,26,27). The van der Waals surface area contributed by atoms with Gasteiger partial charge < -0.3 is 14.0 Å². The highest BCUT2D eigenvalue weighted by molar-refractivity contribution is 6.62. The van der Waals surface area contributed by atoms with Crippen molar-refractivity contribution in [1.82, 2.24) is 0 Å². The third-order valence-electron chi connectivity index (χ3n) is 5.49. The van der Waals surface area contributed by atoms with Gasteiger partial charge >= 0.3 is 13.2 Å². The third-order valence-corrected chi connectivity index (χ3v) is 5.49. The number of nitrogens with one attached hydrogen (secondary N) is 1. The minimum absolute atomic E-state index is 0.349. The van der Waals surface area contributed by atoms with Gasteiger partial charge in [-0.3, -0.25) is 5.32 Å². The second kappa shape index (κ2) is 8.08. The first-order valence-electron chi connectivity index (χ1n) is 10.4. The molecular formula is C24H32BNO4. The van der Waals surface area contributed by atoms with Gasteiger partial charge in [0.2, 0.25) is 0 Å². The van der Waals surface area contributed by atoms with E-state index in [-0.39, 0.29) is 18.3 Å². The molecule has 0 radical (unpaired) electrons. The predicted molar refractivity (Wildman–Crippen MR) is 121 cm³/mol. The van der Waals surface area contributed by atoms with E-state index in [0.29, 0.717) is 0 Å². The van der Waals surface area contributed by atoms with E-state index in [0.717, 1.165) is 23.1 Å². The average Bonchev–Trinajstić information content (AvgIpc) is 2.82. The van der Waals surface area contributed by atoms with Crippen LogP contribution in [0.25, 0.3) is 0 Å². The minimum Gasteiger partial charge on any atom is -0.444 e. The highest BCUT2D eigenvalue weighted by Crippen LogP contribution is 2.36. The van der Waals surface area contributed by atoms with Crippen LogP contribution in [0.5, 0.6) is 0 Å². The zero-order valence-corrected chi connectivity index (χ0v) is 19.0. The van der Waals surface area contributed by atoms with E-state index < -0.39 is 11.7 Å². The highest BCUT2D eigenvalue weighted by atomic mass is 16.7. The van der Waals surface area contributed by atoms with E-state index in [1.54, 1.807) is 0 Å². The molecule has 0 aliphatic carbocycles. The molecule has 1 heterocycles. The predicted octanol–water partition coefficient (Wildman–Crippen LogP) is 4.92. The fourth-order valence-electron chi connectivity index (χ4n) is 3.19. The Morgan fingerprint density at radius 1 is 0.967 bits per heavy atom. The second-order valence-corrected chi connectivity index (χ2v) is 9.83. The highest BCUT2D eigenvalue weighted by Gasteiger charge is 2.51. The van der Waals surface area contributed by atoms with Crippen LogP contribution in [-0.2, 0) is 20.5 Å². The van der Waals surface area contributed by atoms with E-state index in [1.165, 1.54) is 5.56 Å².